The molecule has 5 N–H and O–H groups in total. The fraction of sp³-hybridized carbons (Fsp3) is 0.889. The molecule has 13 heavy (non-hydrogen) atoms. The first-order chi connectivity index (χ1) is 6.11. The Balaban J connectivity index is 2.53. The van der Waals surface area contributed by atoms with Gasteiger partial charge in [-0.15, -0.1) is 0 Å². The standard InChI is InChI=1S/C9H19N3O/c1-9(4-2-3-7(9)11)8(13)12-6-5-10/h7H,2-6,10-11H2,1H3,(H,12,13). The molecule has 76 valence electrons. The van der Waals surface area contributed by atoms with Gasteiger partial charge in [0.2, 0.25) is 5.91 Å². The molecule has 0 radical (unpaired) electrons. The number of amides is 1. The number of nitrogens with one attached hydrogen (secondary N) is 1. The fourth-order valence-corrected chi connectivity index (χ4v) is 1.86. The molecular weight excluding hydrogens is 166 g/mol. The van der Waals surface area contributed by atoms with Gasteiger partial charge in [0.1, 0.15) is 0 Å². The maximum Gasteiger partial charge on any atom is 0.227 e. The smallest absolute Gasteiger partial charge is 0.227 e. The maximum atomic E-state index is 11.7. The van der Waals surface area contributed by atoms with Crippen LogP contribution in [0.4, 0.5) is 0 Å². The van der Waals surface area contributed by atoms with Gasteiger partial charge in [-0.1, -0.05) is 6.42 Å². The van der Waals surface area contributed by atoms with E-state index in [2.05, 4.69) is 5.32 Å². The van der Waals surface area contributed by atoms with Crippen molar-refractivity contribution in [1.82, 2.24) is 5.32 Å². The lowest BCUT2D eigenvalue weighted by Gasteiger charge is -2.27. The van der Waals surface area contributed by atoms with E-state index >= 15 is 0 Å². The van der Waals surface area contributed by atoms with Crippen molar-refractivity contribution < 1.29 is 4.79 Å². The Hall–Kier alpha value is -0.610. The van der Waals surface area contributed by atoms with Crippen LogP contribution in [0.1, 0.15) is 26.2 Å². The second-order valence-electron chi connectivity index (χ2n) is 3.96. The quantitative estimate of drug-likeness (QED) is 0.558. The lowest BCUT2D eigenvalue weighted by molar-refractivity contribution is -0.130. The molecule has 1 saturated carbocycles. The molecule has 1 fully saturated rings. The third-order valence-electron chi connectivity index (χ3n) is 2.98. The minimum atomic E-state index is -0.366. The van der Waals surface area contributed by atoms with Crippen molar-refractivity contribution in [3.05, 3.63) is 0 Å². The number of rotatable bonds is 3. The Morgan fingerprint density at radius 1 is 1.69 bits per heavy atom. The normalized spacial score (nSPS) is 33.3. The van der Waals surface area contributed by atoms with Crippen LogP contribution >= 0.6 is 0 Å². The summed E-state index contributed by atoms with van der Waals surface area (Å²) in [6.45, 7) is 2.97. The molecule has 0 saturated heterocycles. The van der Waals surface area contributed by atoms with Crippen LogP contribution < -0.4 is 16.8 Å². The zero-order valence-corrected chi connectivity index (χ0v) is 8.18. The highest BCUT2D eigenvalue weighted by atomic mass is 16.2. The van der Waals surface area contributed by atoms with Crippen LogP contribution in [-0.4, -0.2) is 25.0 Å². The van der Waals surface area contributed by atoms with Crippen molar-refractivity contribution in [2.45, 2.75) is 32.2 Å². The van der Waals surface area contributed by atoms with Crippen molar-refractivity contribution in [2.75, 3.05) is 13.1 Å². The molecule has 4 heteroatoms. The third-order valence-corrected chi connectivity index (χ3v) is 2.98. The minimum absolute atomic E-state index is 0.00488. The van der Waals surface area contributed by atoms with E-state index in [9.17, 15) is 4.79 Å². The molecular formula is C9H19N3O. The van der Waals surface area contributed by atoms with Crippen LogP contribution in [0.3, 0.4) is 0 Å². The van der Waals surface area contributed by atoms with Crippen molar-refractivity contribution in [3.8, 4) is 0 Å². The van der Waals surface area contributed by atoms with Crippen molar-refractivity contribution >= 4 is 5.91 Å². The first-order valence-electron chi connectivity index (χ1n) is 4.85. The average molecular weight is 185 g/mol. The first kappa shape index (κ1) is 10.5. The van der Waals surface area contributed by atoms with E-state index in [1.807, 2.05) is 6.92 Å². The monoisotopic (exact) mass is 185 g/mol. The summed E-state index contributed by atoms with van der Waals surface area (Å²) in [6, 6.07) is 0.00488. The van der Waals surface area contributed by atoms with E-state index in [0.29, 0.717) is 13.1 Å². The molecule has 0 bridgehead atoms. The van der Waals surface area contributed by atoms with Crippen molar-refractivity contribution in [3.63, 3.8) is 0 Å². The summed E-state index contributed by atoms with van der Waals surface area (Å²) in [5.41, 5.74) is 10.8. The molecule has 0 aromatic carbocycles. The Labute approximate surface area is 79.0 Å². The highest BCUT2D eigenvalue weighted by molar-refractivity contribution is 5.83. The van der Waals surface area contributed by atoms with Crippen LogP contribution in [0.2, 0.25) is 0 Å². The number of nitrogens with two attached hydrogens (primary N) is 2. The van der Waals surface area contributed by atoms with Gasteiger partial charge >= 0.3 is 0 Å². The Kier molecular flexibility index (Phi) is 3.27. The van der Waals surface area contributed by atoms with Crippen LogP contribution in [0.5, 0.6) is 0 Å². The molecule has 2 atom stereocenters. The number of carbonyl (C=O) groups excluding carboxylic acids is 1. The SMILES string of the molecule is CC1(C(=O)NCCN)CCCC1N. The van der Waals surface area contributed by atoms with E-state index in [1.54, 1.807) is 0 Å². The predicted molar refractivity (Wildman–Crippen MR) is 52.0 cm³/mol. The molecule has 1 aliphatic rings. The van der Waals surface area contributed by atoms with Crippen molar-refractivity contribution in [2.24, 2.45) is 16.9 Å². The molecule has 4 nitrogen and oxygen atoms in total. The molecule has 0 heterocycles. The molecule has 1 amide bonds. The topological polar surface area (TPSA) is 81.1 Å². The zero-order valence-electron chi connectivity index (χ0n) is 8.18. The Bertz CT molecular complexity index is 195. The summed E-state index contributed by atoms with van der Waals surface area (Å²) in [4.78, 5) is 11.7. The lowest BCUT2D eigenvalue weighted by Crippen LogP contribution is -2.48. The van der Waals surface area contributed by atoms with Gasteiger partial charge in [0.05, 0.1) is 5.41 Å². The first-order valence-corrected chi connectivity index (χ1v) is 4.85. The molecule has 1 rings (SSSR count). The Morgan fingerprint density at radius 2 is 2.38 bits per heavy atom. The zero-order chi connectivity index (χ0) is 9.90. The second kappa shape index (κ2) is 4.07. The maximum absolute atomic E-state index is 11.7. The van der Waals surface area contributed by atoms with Gasteiger partial charge in [-0.05, 0) is 19.8 Å². The van der Waals surface area contributed by atoms with Crippen LogP contribution in [0, 0.1) is 5.41 Å². The molecule has 0 spiro atoms. The van der Waals surface area contributed by atoms with E-state index in [0.717, 1.165) is 19.3 Å². The summed E-state index contributed by atoms with van der Waals surface area (Å²) >= 11 is 0. The Morgan fingerprint density at radius 3 is 2.85 bits per heavy atom. The largest absolute Gasteiger partial charge is 0.354 e. The number of hydrogen-bond acceptors (Lipinski definition) is 3. The third kappa shape index (κ3) is 2.00. The summed E-state index contributed by atoms with van der Waals surface area (Å²) in [7, 11) is 0. The van der Waals surface area contributed by atoms with Gasteiger partial charge in [0, 0.05) is 19.1 Å². The van der Waals surface area contributed by atoms with E-state index in [1.165, 1.54) is 0 Å². The molecule has 2 unspecified atom stereocenters. The van der Waals surface area contributed by atoms with Crippen LogP contribution in [0.25, 0.3) is 0 Å². The molecule has 1 aliphatic carbocycles. The summed E-state index contributed by atoms with van der Waals surface area (Å²) in [6.07, 6.45) is 2.89. The highest BCUT2D eigenvalue weighted by Gasteiger charge is 2.42. The van der Waals surface area contributed by atoms with Crippen LogP contribution in [0.15, 0.2) is 0 Å². The van der Waals surface area contributed by atoms with Crippen molar-refractivity contribution in [1.29, 1.82) is 0 Å². The van der Waals surface area contributed by atoms with Gasteiger partial charge in [0.15, 0.2) is 0 Å². The summed E-state index contributed by atoms with van der Waals surface area (Å²) in [5.74, 6) is 0.0583. The minimum Gasteiger partial charge on any atom is -0.354 e. The predicted octanol–water partition coefficient (Wildman–Crippen LogP) is -0.421. The van der Waals surface area contributed by atoms with Crippen LogP contribution in [-0.2, 0) is 4.79 Å². The summed E-state index contributed by atoms with van der Waals surface area (Å²) < 4.78 is 0. The second-order valence-corrected chi connectivity index (χ2v) is 3.96. The number of carbonyl (C=O) groups is 1. The summed E-state index contributed by atoms with van der Waals surface area (Å²) in [5, 5.41) is 2.80. The van der Waals surface area contributed by atoms with Gasteiger partial charge in [-0.25, -0.2) is 0 Å². The average Bonchev–Trinajstić information content (AvgIpc) is 2.44. The van der Waals surface area contributed by atoms with E-state index in [4.69, 9.17) is 11.5 Å². The fourth-order valence-electron chi connectivity index (χ4n) is 1.86. The van der Waals surface area contributed by atoms with Gasteiger partial charge < -0.3 is 16.8 Å². The van der Waals surface area contributed by atoms with E-state index < -0.39 is 0 Å². The molecule has 0 aromatic rings. The van der Waals surface area contributed by atoms with Gasteiger partial charge in [0.25, 0.3) is 0 Å². The van der Waals surface area contributed by atoms with Gasteiger partial charge in [-0.2, -0.15) is 0 Å². The molecule has 0 aliphatic heterocycles. The van der Waals surface area contributed by atoms with E-state index in [-0.39, 0.29) is 17.4 Å². The van der Waals surface area contributed by atoms with Gasteiger partial charge in [-0.3, -0.25) is 4.79 Å². The lowest BCUT2D eigenvalue weighted by atomic mass is 9.84. The number of hydrogen-bond donors (Lipinski definition) is 3. The molecule has 0 aromatic heterocycles. The highest BCUT2D eigenvalue weighted by Crippen LogP contribution is 2.36.